The van der Waals surface area contributed by atoms with Gasteiger partial charge in [0.2, 0.25) is 0 Å². The van der Waals surface area contributed by atoms with Crippen molar-refractivity contribution in [2.24, 2.45) is 4.99 Å². The van der Waals surface area contributed by atoms with Gasteiger partial charge in [-0.3, -0.25) is 4.90 Å². The van der Waals surface area contributed by atoms with Crippen molar-refractivity contribution in [1.82, 2.24) is 9.80 Å². The normalized spacial score (nSPS) is 29.4. The van der Waals surface area contributed by atoms with Crippen molar-refractivity contribution in [2.75, 3.05) is 31.5 Å². The number of aliphatic carboxylic acids is 1. The van der Waals surface area contributed by atoms with E-state index in [0.717, 1.165) is 22.8 Å². The van der Waals surface area contributed by atoms with E-state index in [9.17, 15) is 25.2 Å². The van der Waals surface area contributed by atoms with Gasteiger partial charge >= 0.3 is 5.97 Å². The van der Waals surface area contributed by atoms with Crippen molar-refractivity contribution in [2.45, 2.75) is 30.6 Å². The molecule has 2 aromatic rings. The molecule has 11 heteroatoms. The lowest BCUT2D eigenvalue weighted by Gasteiger charge is -2.46. The number of amidine groups is 1. The minimum Gasteiger partial charge on any atom is -0.479 e. The number of carboxylic acids is 1. The number of hydrogen-bond donors (Lipinski definition) is 5. The van der Waals surface area contributed by atoms with E-state index in [4.69, 9.17) is 21.3 Å². The third-order valence-electron chi connectivity index (χ3n) is 6.43. The summed E-state index contributed by atoms with van der Waals surface area (Å²) in [5, 5.41) is 43.9. The molecule has 3 heterocycles. The Hall–Kier alpha value is -2.73. The predicted octanol–water partition coefficient (Wildman–Crippen LogP) is 0.985. The summed E-state index contributed by atoms with van der Waals surface area (Å²) in [6.07, 6.45) is -7.44. The average Bonchev–Trinajstić information content (AvgIpc) is 2.99. The first-order valence-corrected chi connectivity index (χ1v) is 11.4. The van der Waals surface area contributed by atoms with Gasteiger partial charge in [0.05, 0.1) is 11.4 Å². The van der Waals surface area contributed by atoms with Gasteiger partial charge in [0, 0.05) is 42.5 Å². The van der Waals surface area contributed by atoms with E-state index in [0.29, 0.717) is 36.9 Å². The summed E-state index contributed by atoms with van der Waals surface area (Å²) in [5.74, 6) is -0.621. The van der Waals surface area contributed by atoms with Crippen LogP contribution in [-0.2, 0) is 9.53 Å². The minimum atomic E-state index is -1.71. The summed E-state index contributed by atoms with van der Waals surface area (Å²) < 4.78 is 5.49. The number of piperazine rings is 1. The Morgan fingerprint density at radius 3 is 2.47 bits per heavy atom. The van der Waals surface area contributed by atoms with Gasteiger partial charge in [0.25, 0.3) is 0 Å². The number of anilines is 2. The number of aliphatic hydroxyl groups excluding tert-OH is 3. The number of nitrogens with one attached hydrogen (secondary N) is 1. The van der Waals surface area contributed by atoms with E-state index in [-0.39, 0.29) is 0 Å². The Morgan fingerprint density at radius 2 is 1.74 bits per heavy atom. The molecule has 2 saturated heterocycles. The second-order valence-electron chi connectivity index (χ2n) is 8.55. The molecule has 2 aromatic carbocycles. The van der Waals surface area contributed by atoms with Gasteiger partial charge in [-0.1, -0.05) is 23.7 Å². The highest BCUT2D eigenvalue weighted by Crippen LogP contribution is 2.36. The number of hydrogen-bond acceptors (Lipinski definition) is 9. The molecule has 0 aromatic heterocycles. The molecule has 0 bridgehead atoms. The van der Waals surface area contributed by atoms with E-state index >= 15 is 0 Å². The molecule has 0 aliphatic carbocycles. The molecule has 2 fully saturated rings. The summed E-state index contributed by atoms with van der Waals surface area (Å²) in [4.78, 5) is 20.3. The van der Waals surface area contributed by atoms with Crippen molar-refractivity contribution in [3.8, 4) is 0 Å². The van der Waals surface area contributed by atoms with Crippen LogP contribution in [0.1, 0.15) is 5.56 Å². The number of aliphatic imine (C=N–C) groups is 1. The Morgan fingerprint density at radius 1 is 1.00 bits per heavy atom. The molecule has 0 spiro atoms. The lowest BCUT2D eigenvalue weighted by atomic mass is 9.97. The van der Waals surface area contributed by atoms with Crippen LogP contribution in [-0.4, -0.2) is 98.9 Å². The highest BCUT2D eigenvalue weighted by Gasteiger charge is 2.49. The molecule has 5 rings (SSSR count). The maximum Gasteiger partial charge on any atom is 0.335 e. The van der Waals surface area contributed by atoms with Crippen LogP contribution in [0.15, 0.2) is 47.5 Å². The Bertz CT molecular complexity index is 1120. The van der Waals surface area contributed by atoms with Crippen molar-refractivity contribution < 1.29 is 30.0 Å². The summed E-state index contributed by atoms with van der Waals surface area (Å²) in [6.45, 7) is 1.89. The van der Waals surface area contributed by atoms with Crippen LogP contribution in [0.3, 0.4) is 0 Å². The number of fused-ring (bicyclic) bond motifs is 2. The first-order chi connectivity index (χ1) is 16.3. The van der Waals surface area contributed by atoms with Crippen LogP contribution in [0.25, 0.3) is 0 Å². The quantitative estimate of drug-likeness (QED) is 0.418. The number of carboxylic acid groups (broad SMARTS) is 1. The van der Waals surface area contributed by atoms with E-state index in [1.165, 1.54) is 0 Å². The fourth-order valence-corrected chi connectivity index (χ4v) is 4.77. The molecule has 5 atom stereocenters. The molecular formula is C23H25ClN4O6. The van der Waals surface area contributed by atoms with Crippen LogP contribution in [0.2, 0.25) is 5.02 Å². The van der Waals surface area contributed by atoms with Gasteiger partial charge < -0.3 is 35.4 Å². The molecule has 1 unspecified atom stereocenters. The zero-order valence-corrected chi connectivity index (χ0v) is 18.8. The maximum absolute atomic E-state index is 11.4. The van der Waals surface area contributed by atoms with Gasteiger partial charge in [-0.2, -0.15) is 0 Å². The minimum absolute atomic E-state index is 0.425. The number of aliphatic hydroxyl groups is 3. The fraction of sp³-hybridized carbons (Fsp3) is 0.391. The molecule has 3 aliphatic rings. The highest BCUT2D eigenvalue weighted by molar-refractivity contribution is 6.31. The topological polar surface area (TPSA) is 138 Å². The third kappa shape index (κ3) is 4.13. The zero-order chi connectivity index (χ0) is 24.0. The molecule has 0 amide bonds. The van der Waals surface area contributed by atoms with Gasteiger partial charge in [0.1, 0.15) is 30.4 Å². The average molecular weight is 489 g/mol. The van der Waals surface area contributed by atoms with Crippen LogP contribution in [0.4, 0.5) is 17.1 Å². The lowest BCUT2D eigenvalue weighted by molar-refractivity contribution is -0.261. The van der Waals surface area contributed by atoms with Crippen molar-refractivity contribution >= 4 is 40.5 Å². The highest BCUT2D eigenvalue weighted by atomic mass is 35.5. The molecule has 34 heavy (non-hydrogen) atoms. The van der Waals surface area contributed by atoms with Gasteiger partial charge in [-0.25, -0.2) is 9.79 Å². The van der Waals surface area contributed by atoms with Crippen LogP contribution < -0.4 is 5.32 Å². The van der Waals surface area contributed by atoms with Crippen LogP contribution in [0, 0.1) is 0 Å². The summed E-state index contributed by atoms with van der Waals surface area (Å²) >= 11 is 6.21. The number of halogens is 1. The second-order valence-corrected chi connectivity index (χ2v) is 8.98. The Kier molecular flexibility index (Phi) is 6.19. The summed E-state index contributed by atoms with van der Waals surface area (Å²) in [5.41, 5.74) is 3.41. The van der Waals surface area contributed by atoms with Gasteiger partial charge in [-0.15, -0.1) is 0 Å². The SMILES string of the molecule is O=C(O)[C@H]1OC(N2CCN(C3=Nc4cc(Cl)ccc4Nc4ccccc43)CC2)[C@H](O)[C@@H](O)[C@@H]1O. The second kappa shape index (κ2) is 9.14. The zero-order valence-electron chi connectivity index (χ0n) is 18.1. The van der Waals surface area contributed by atoms with E-state index in [1.54, 1.807) is 17.0 Å². The van der Waals surface area contributed by atoms with Crippen LogP contribution in [0.5, 0.6) is 0 Å². The largest absolute Gasteiger partial charge is 0.479 e. The predicted molar refractivity (Wildman–Crippen MR) is 125 cm³/mol. The van der Waals surface area contributed by atoms with Crippen LogP contribution >= 0.6 is 11.6 Å². The van der Waals surface area contributed by atoms with Gasteiger partial charge in [0.15, 0.2) is 6.10 Å². The number of benzene rings is 2. The van der Waals surface area contributed by atoms with E-state index in [2.05, 4.69) is 10.2 Å². The lowest BCUT2D eigenvalue weighted by Crippen LogP contribution is -2.66. The van der Waals surface area contributed by atoms with Crippen molar-refractivity contribution in [1.29, 1.82) is 0 Å². The molecule has 5 N–H and O–H groups in total. The number of nitrogens with zero attached hydrogens (tertiary/aromatic N) is 3. The Labute approximate surface area is 200 Å². The maximum atomic E-state index is 11.4. The number of ether oxygens (including phenoxy) is 1. The smallest absolute Gasteiger partial charge is 0.335 e. The molecule has 10 nitrogen and oxygen atoms in total. The molecular weight excluding hydrogens is 464 g/mol. The number of carbonyl (C=O) groups is 1. The molecule has 0 radical (unpaired) electrons. The molecule has 0 saturated carbocycles. The Balaban J connectivity index is 1.38. The first kappa shape index (κ1) is 23.0. The number of rotatable bonds is 2. The summed E-state index contributed by atoms with van der Waals surface area (Å²) in [7, 11) is 0. The molecule has 3 aliphatic heterocycles. The third-order valence-corrected chi connectivity index (χ3v) is 6.66. The standard InChI is InChI=1S/C23H25ClN4O6/c24-12-5-6-15-16(11-12)26-21(13-3-1-2-4-14(13)25-15)27-7-9-28(10-8-27)22-19(31)17(29)18(30)20(34-22)23(32)33/h1-6,11,17-20,22,25,29-31H,7-10H2,(H,32,33)/t17-,18-,19+,20-,22?/m0/s1. The first-order valence-electron chi connectivity index (χ1n) is 11.0. The van der Waals surface area contributed by atoms with E-state index < -0.39 is 36.6 Å². The van der Waals surface area contributed by atoms with Crippen molar-refractivity contribution in [3.05, 3.63) is 53.1 Å². The van der Waals surface area contributed by atoms with Crippen molar-refractivity contribution in [3.63, 3.8) is 0 Å². The van der Waals surface area contributed by atoms with E-state index in [1.807, 2.05) is 30.3 Å². The summed E-state index contributed by atoms with van der Waals surface area (Å²) in [6, 6.07) is 13.4. The monoisotopic (exact) mass is 488 g/mol. The molecule has 180 valence electrons. The fourth-order valence-electron chi connectivity index (χ4n) is 4.61. The van der Waals surface area contributed by atoms with Gasteiger partial charge in [-0.05, 0) is 30.3 Å². The number of para-hydroxylation sites is 1.